The Kier molecular flexibility index (Phi) is 5.49. The van der Waals surface area contributed by atoms with Gasteiger partial charge in [-0.05, 0) is 31.9 Å². The number of benzene rings is 1. The molecule has 2 amide bonds. The highest BCUT2D eigenvalue weighted by atomic mass is 16.5. The lowest BCUT2D eigenvalue weighted by atomic mass is 10.1. The van der Waals surface area contributed by atoms with Crippen LogP contribution in [0.2, 0.25) is 0 Å². The number of hydrogen-bond acceptors (Lipinski definition) is 2. The van der Waals surface area contributed by atoms with E-state index in [2.05, 4.69) is 10.6 Å². The van der Waals surface area contributed by atoms with Crippen molar-refractivity contribution in [3.63, 3.8) is 0 Å². The molecular weight excluding hydrogens is 216 g/mol. The molecule has 0 heterocycles. The van der Waals surface area contributed by atoms with Gasteiger partial charge in [-0.15, -0.1) is 0 Å². The van der Waals surface area contributed by atoms with Crippen LogP contribution >= 0.6 is 0 Å². The number of methoxy groups -OCH3 is 1. The molecule has 94 valence electrons. The van der Waals surface area contributed by atoms with Gasteiger partial charge in [0.1, 0.15) is 0 Å². The highest BCUT2D eigenvalue weighted by molar-refractivity contribution is 5.90. The summed E-state index contributed by atoms with van der Waals surface area (Å²) in [5.41, 5.74) is 3.10. The molecule has 0 saturated carbocycles. The standard InChI is InChI=1S/C13H20N2O2/c1-10-5-6-12(11(2)9-10)15-13(16)14-7-4-8-17-3/h5-6,9H,4,7-8H2,1-3H3,(H2,14,15,16). The van der Waals surface area contributed by atoms with Crippen molar-refractivity contribution in [1.29, 1.82) is 0 Å². The van der Waals surface area contributed by atoms with E-state index in [1.807, 2.05) is 32.0 Å². The number of rotatable bonds is 5. The summed E-state index contributed by atoms with van der Waals surface area (Å²) in [6, 6.07) is 5.76. The monoisotopic (exact) mass is 236 g/mol. The zero-order valence-corrected chi connectivity index (χ0v) is 10.7. The number of ether oxygens (including phenoxy) is 1. The highest BCUT2D eigenvalue weighted by Gasteiger charge is 2.03. The third-order valence-electron chi connectivity index (χ3n) is 2.44. The summed E-state index contributed by atoms with van der Waals surface area (Å²) in [5, 5.41) is 5.60. The molecule has 2 N–H and O–H groups in total. The molecule has 0 radical (unpaired) electrons. The number of nitrogens with one attached hydrogen (secondary N) is 2. The third kappa shape index (κ3) is 4.87. The van der Waals surface area contributed by atoms with Crippen molar-refractivity contribution >= 4 is 11.7 Å². The molecule has 0 unspecified atom stereocenters. The molecule has 0 fully saturated rings. The Balaban J connectivity index is 2.40. The second-order valence-corrected chi connectivity index (χ2v) is 4.05. The minimum Gasteiger partial charge on any atom is -0.385 e. The van der Waals surface area contributed by atoms with E-state index in [1.165, 1.54) is 5.56 Å². The molecular formula is C13H20N2O2. The van der Waals surface area contributed by atoms with Crippen molar-refractivity contribution in [3.8, 4) is 0 Å². The SMILES string of the molecule is COCCCNC(=O)Nc1ccc(C)cc1C. The van der Waals surface area contributed by atoms with Crippen molar-refractivity contribution in [1.82, 2.24) is 5.32 Å². The molecule has 1 aromatic carbocycles. The first-order valence-corrected chi connectivity index (χ1v) is 5.74. The lowest BCUT2D eigenvalue weighted by molar-refractivity contribution is 0.194. The molecule has 4 nitrogen and oxygen atoms in total. The van der Waals surface area contributed by atoms with Crippen molar-refractivity contribution in [2.24, 2.45) is 0 Å². The first-order valence-electron chi connectivity index (χ1n) is 5.74. The molecule has 0 atom stereocenters. The number of urea groups is 1. The van der Waals surface area contributed by atoms with Crippen molar-refractivity contribution in [2.75, 3.05) is 25.6 Å². The van der Waals surface area contributed by atoms with Gasteiger partial charge in [0, 0.05) is 25.9 Å². The van der Waals surface area contributed by atoms with Gasteiger partial charge in [0.15, 0.2) is 0 Å². The minimum absolute atomic E-state index is 0.173. The van der Waals surface area contributed by atoms with Gasteiger partial charge in [-0.25, -0.2) is 4.79 Å². The molecule has 1 rings (SSSR count). The first kappa shape index (κ1) is 13.5. The number of amides is 2. The smallest absolute Gasteiger partial charge is 0.319 e. The fourth-order valence-electron chi connectivity index (χ4n) is 1.54. The molecule has 0 aliphatic heterocycles. The molecule has 0 saturated heterocycles. The molecule has 0 spiro atoms. The van der Waals surface area contributed by atoms with E-state index in [-0.39, 0.29) is 6.03 Å². The minimum atomic E-state index is -0.173. The first-order chi connectivity index (χ1) is 8.13. The van der Waals surface area contributed by atoms with E-state index in [1.54, 1.807) is 7.11 Å². The van der Waals surface area contributed by atoms with Crippen LogP contribution in [0.3, 0.4) is 0 Å². The summed E-state index contributed by atoms with van der Waals surface area (Å²) in [7, 11) is 1.65. The summed E-state index contributed by atoms with van der Waals surface area (Å²) in [5.74, 6) is 0. The van der Waals surface area contributed by atoms with E-state index >= 15 is 0 Å². The van der Waals surface area contributed by atoms with Crippen LogP contribution in [0.1, 0.15) is 17.5 Å². The Morgan fingerprint density at radius 3 is 2.76 bits per heavy atom. The van der Waals surface area contributed by atoms with Crippen molar-refractivity contribution in [3.05, 3.63) is 29.3 Å². The lowest BCUT2D eigenvalue weighted by Gasteiger charge is -2.10. The maximum Gasteiger partial charge on any atom is 0.319 e. The van der Waals surface area contributed by atoms with Crippen LogP contribution in [0.25, 0.3) is 0 Å². The van der Waals surface area contributed by atoms with Gasteiger partial charge in [0.25, 0.3) is 0 Å². The van der Waals surface area contributed by atoms with E-state index in [0.29, 0.717) is 13.2 Å². The van der Waals surface area contributed by atoms with Gasteiger partial charge < -0.3 is 15.4 Å². The zero-order chi connectivity index (χ0) is 12.7. The lowest BCUT2D eigenvalue weighted by Crippen LogP contribution is -2.30. The molecule has 17 heavy (non-hydrogen) atoms. The number of anilines is 1. The summed E-state index contributed by atoms with van der Waals surface area (Å²) in [6.45, 7) is 5.28. The zero-order valence-electron chi connectivity index (χ0n) is 10.7. The van der Waals surface area contributed by atoms with Gasteiger partial charge in [0.05, 0.1) is 0 Å². The van der Waals surface area contributed by atoms with Crippen molar-refractivity contribution in [2.45, 2.75) is 20.3 Å². The van der Waals surface area contributed by atoms with Crippen molar-refractivity contribution < 1.29 is 9.53 Å². The van der Waals surface area contributed by atoms with Gasteiger partial charge >= 0.3 is 6.03 Å². The van der Waals surface area contributed by atoms with Crippen LogP contribution in [0.4, 0.5) is 10.5 Å². The van der Waals surface area contributed by atoms with Crippen LogP contribution in [0.15, 0.2) is 18.2 Å². The third-order valence-corrected chi connectivity index (χ3v) is 2.44. The number of hydrogen-bond donors (Lipinski definition) is 2. The number of carbonyl (C=O) groups is 1. The van der Waals surface area contributed by atoms with Crippen LogP contribution in [-0.2, 0) is 4.74 Å². The molecule has 0 aromatic heterocycles. The normalized spacial score (nSPS) is 10.1. The summed E-state index contributed by atoms with van der Waals surface area (Å²) in [6.07, 6.45) is 0.816. The Bertz CT molecular complexity index is 378. The molecule has 4 heteroatoms. The molecule has 0 aliphatic carbocycles. The Morgan fingerprint density at radius 2 is 2.12 bits per heavy atom. The average molecular weight is 236 g/mol. The van der Waals surface area contributed by atoms with E-state index in [4.69, 9.17) is 4.74 Å². The maximum atomic E-state index is 11.5. The Labute approximate surface area is 102 Å². The van der Waals surface area contributed by atoms with E-state index < -0.39 is 0 Å². The van der Waals surface area contributed by atoms with Gasteiger partial charge in [-0.1, -0.05) is 17.7 Å². The largest absolute Gasteiger partial charge is 0.385 e. The van der Waals surface area contributed by atoms with Gasteiger partial charge in [-0.2, -0.15) is 0 Å². The second kappa shape index (κ2) is 6.91. The summed E-state index contributed by atoms with van der Waals surface area (Å²) < 4.78 is 4.90. The second-order valence-electron chi connectivity index (χ2n) is 4.05. The highest BCUT2D eigenvalue weighted by Crippen LogP contribution is 2.15. The Hall–Kier alpha value is -1.55. The predicted octanol–water partition coefficient (Wildman–Crippen LogP) is 2.46. The van der Waals surface area contributed by atoms with Crippen LogP contribution in [0.5, 0.6) is 0 Å². The van der Waals surface area contributed by atoms with E-state index in [9.17, 15) is 4.79 Å². The molecule has 1 aromatic rings. The Morgan fingerprint density at radius 1 is 1.35 bits per heavy atom. The number of aryl methyl sites for hydroxylation is 2. The van der Waals surface area contributed by atoms with Gasteiger partial charge in [0.2, 0.25) is 0 Å². The topological polar surface area (TPSA) is 50.4 Å². The summed E-state index contributed by atoms with van der Waals surface area (Å²) in [4.78, 5) is 11.5. The van der Waals surface area contributed by atoms with Gasteiger partial charge in [-0.3, -0.25) is 0 Å². The fraction of sp³-hybridized carbons (Fsp3) is 0.462. The molecule has 0 aliphatic rings. The quantitative estimate of drug-likeness (QED) is 0.772. The predicted molar refractivity (Wildman–Crippen MR) is 69.4 cm³/mol. The van der Waals surface area contributed by atoms with E-state index in [0.717, 1.165) is 17.7 Å². The maximum absolute atomic E-state index is 11.5. The average Bonchev–Trinajstić information content (AvgIpc) is 2.28. The van der Waals surface area contributed by atoms with Crippen LogP contribution in [-0.4, -0.2) is 26.3 Å². The van der Waals surface area contributed by atoms with Crippen LogP contribution < -0.4 is 10.6 Å². The number of carbonyl (C=O) groups excluding carboxylic acids is 1. The molecule has 0 bridgehead atoms. The summed E-state index contributed by atoms with van der Waals surface area (Å²) >= 11 is 0. The van der Waals surface area contributed by atoms with Crippen LogP contribution in [0, 0.1) is 13.8 Å². The fourth-order valence-corrected chi connectivity index (χ4v) is 1.54.